The number of esters is 1. The first-order valence-corrected chi connectivity index (χ1v) is 11.1. The molecule has 32 heavy (non-hydrogen) atoms. The Morgan fingerprint density at radius 3 is 2.34 bits per heavy atom. The lowest BCUT2D eigenvalue weighted by atomic mass is 10.1. The van der Waals surface area contributed by atoms with Crippen LogP contribution in [0.25, 0.3) is 11.0 Å². The summed E-state index contributed by atoms with van der Waals surface area (Å²) < 4.78 is 7.27. The highest BCUT2D eigenvalue weighted by Crippen LogP contribution is 2.25. The van der Waals surface area contributed by atoms with Crippen LogP contribution in [0.2, 0.25) is 0 Å². The zero-order chi connectivity index (χ0) is 23.4. The number of nitrogens with zero attached hydrogens (tertiary/aromatic N) is 4. The highest BCUT2D eigenvalue weighted by molar-refractivity contribution is 6.03. The number of carbonyl (C=O) groups is 2. The summed E-state index contributed by atoms with van der Waals surface area (Å²) >= 11 is 0. The van der Waals surface area contributed by atoms with Crippen molar-refractivity contribution in [1.29, 1.82) is 0 Å². The van der Waals surface area contributed by atoms with Gasteiger partial charge in [0.25, 0.3) is 5.91 Å². The monoisotopic (exact) mass is 436 g/mol. The molecule has 0 aliphatic heterocycles. The van der Waals surface area contributed by atoms with Gasteiger partial charge in [0.1, 0.15) is 0 Å². The average Bonchev–Trinajstić information content (AvgIpc) is 3.19. The highest BCUT2D eigenvalue weighted by Gasteiger charge is 2.23. The van der Waals surface area contributed by atoms with Crippen molar-refractivity contribution in [2.45, 2.75) is 66.1 Å². The van der Waals surface area contributed by atoms with Crippen LogP contribution in [0.15, 0.2) is 42.6 Å². The molecule has 0 spiro atoms. The number of carbonyl (C=O) groups excluding carboxylic acids is 2. The van der Waals surface area contributed by atoms with Gasteiger partial charge in [0, 0.05) is 24.3 Å². The Labute approximate surface area is 189 Å². The first-order valence-electron chi connectivity index (χ1n) is 11.1. The van der Waals surface area contributed by atoms with E-state index in [4.69, 9.17) is 9.72 Å². The van der Waals surface area contributed by atoms with Crippen molar-refractivity contribution in [3.8, 4) is 0 Å². The van der Waals surface area contributed by atoms with Gasteiger partial charge >= 0.3 is 5.97 Å². The second kappa shape index (κ2) is 9.94. The van der Waals surface area contributed by atoms with Crippen LogP contribution in [0, 0.1) is 0 Å². The summed E-state index contributed by atoms with van der Waals surface area (Å²) in [5.41, 5.74) is 2.85. The fourth-order valence-electron chi connectivity index (χ4n) is 3.51. The average molecular weight is 437 g/mol. The van der Waals surface area contributed by atoms with Gasteiger partial charge in [-0.1, -0.05) is 44.2 Å². The molecular formula is C25H32N4O3. The molecule has 0 saturated heterocycles. The predicted octanol–water partition coefficient (Wildman–Crippen LogP) is 4.73. The quantitative estimate of drug-likeness (QED) is 0.477. The topological polar surface area (TPSA) is 77.3 Å². The maximum absolute atomic E-state index is 13.0. The first kappa shape index (κ1) is 23.4. The van der Waals surface area contributed by atoms with Crippen molar-refractivity contribution in [3.05, 3.63) is 59.4 Å². The number of pyridine rings is 1. The molecule has 0 aliphatic carbocycles. The Morgan fingerprint density at radius 1 is 1.06 bits per heavy atom. The van der Waals surface area contributed by atoms with E-state index < -0.39 is 5.97 Å². The third-order valence-corrected chi connectivity index (χ3v) is 5.35. The Hall–Kier alpha value is -3.22. The lowest BCUT2D eigenvalue weighted by molar-refractivity contribution is -0.136. The number of rotatable bonds is 8. The molecule has 0 fully saturated rings. The van der Waals surface area contributed by atoms with Crippen molar-refractivity contribution in [2.75, 3.05) is 6.61 Å². The first-order chi connectivity index (χ1) is 15.2. The van der Waals surface area contributed by atoms with Crippen molar-refractivity contribution in [2.24, 2.45) is 0 Å². The number of aromatic nitrogens is 3. The molecule has 0 aliphatic rings. The van der Waals surface area contributed by atoms with E-state index in [2.05, 4.69) is 5.10 Å². The van der Waals surface area contributed by atoms with E-state index in [9.17, 15) is 9.59 Å². The van der Waals surface area contributed by atoms with E-state index in [0.717, 1.165) is 11.3 Å². The molecule has 2 heterocycles. The zero-order valence-corrected chi connectivity index (χ0v) is 19.7. The molecule has 3 rings (SSSR count). The molecule has 7 heteroatoms. The van der Waals surface area contributed by atoms with Crippen LogP contribution in [0.4, 0.5) is 0 Å². The summed E-state index contributed by atoms with van der Waals surface area (Å²) in [6.45, 7) is 12.1. The molecule has 0 radical (unpaired) electrons. The molecule has 0 saturated carbocycles. The fourth-order valence-corrected chi connectivity index (χ4v) is 3.51. The molecule has 0 atom stereocenters. The van der Waals surface area contributed by atoms with Crippen LogP contribution in [0.1, 0.15) is 75.1 Å². The number of benzene rings is 1. The van der Waals surface area contributed by atoms with E-state index >= 15 is 0 Å². The van der Waals surface area contributed by atoms with E-state index in [1.165, 1.54) is 0 Å². The van der Waals surface area contributed by atoms with Gasteiger partial charge in [-0.15, -0.1) is 0 Å². The van der Waals surface area contributed by atoms with E-state index in [1.807, 2.05) is 71.9 Å². The van der Waals surface area contributed by atoms with Crippen LogP contribution in [0.3, 0.4) is 0 Å². The molecule has 2 aromatic heterocycles. The lowest BCUT2D eigenvalue weighted by Gasteiger charge is -2.26. The van der Waals surface area contributed by atoms with Crippen molar-refractivity contribution < 1.29 is 14.3 Å². The normalized spacial score (nSPS) is 11.5. The second-order valence-electron chi connectivity index (χ2n) is 8.85. The Kier molecular flexibility index (Phi) is 7.28. The fraction of sp³-hybridized carbons (Fsp3) is 0.440. The van der Waals surface area contributed by atoms with Crippen LogP contribution in [-0.2, 0) is 16.1 Å². The molecular weight excluding hydrogens is 404 g/mol. The van der Waals surface area contributed by atoms with Crippen LogP contribution in [0.5, 0.6) is 0 Å². The standard InChI is InChI=1S/C25H32N4O3/c1-16(2)22-12-20(21-13-26-29(18(5)6)24(21)27-22)25(31)32-15-23(30)28(17(3)4)14-19-10-8-7-9-11-19/h7-13,16-18H,14-15H2,1-6H3. The smallest absolute Gasteiger partial charge is 0.339 e. The SMILES string of the molecule is CC(C)c1cc(C(=O)OCC(=O)N(Cc2ccccc2)C(C)C)c2cnn(C(C)C)c2n1. The van der Waals surface area contributed by atoms with Crippen LogP contribution in [-0.4, -0.2) is 44.2 Å². The lowest BCUT2D eigenvalue weighted by Crippen LogP contribution is -2.39. The highest BCUT2D eigenvalue weighted by atomic mass is 16.5. The summed E-state index contributed by atoms with van der Waals surface area (Å²) in [6, 6.07) is 11.6. The second-order valence-corrected chi connectivity index (χ2v) is 8.85. The predicted molar refractivity (Wildman–Crippen MR) is 124 cm³/mol. The molecule has 1 aromatic carbocycles. The summed E-state index contributed by atoms with van der Waals surface area (Å²) in [5, 5.41) is 5.03. The molecule has 170 valence electrons. The minimum Gasteiger partial charge on any atom is -0.452 e. The summed E-state index contributed by atoms with van der Waals surface area (Å²) in [6.07, 6.45) is 1.64. The van der Waals surface area contributed by atoms with Gasteiger partial charge in [-0.3, -0.25) is 4.79 Å². The van der Waals surface area contributed by atoms with E-state index in [0.29, 0.717) is 23.1 Å². The maximum atomic E-state index is 13.0. The Balaban J connectivity index is 1.81. The van der Waals surface area contributed by atoms with Gasteiger partial charge in [-0.2, -0.15) is 5.10 Å². The van der Waals surface area contributed by atoms with Gasteiger partial charge in [-0.05, 0) is 45.2 Å². The number of hydrogen-bond donors (Lipinski definition) is 0. The largest absolute Gasteiger partial charge is 0.452 e. The van der Waals surface area contributed by atoms with Gasteiger partial charge in [0.15, 0.2) is 12.3 Å². The Bertz CT molecular complexity index is 1090. The zero-order valence-electron chi connectivity index (χ0n) is 19.7. The van der Waals surface area contributed by atoms with Gasteiger partial charge in [0.2, 0.25) is 0 Å². The van der Waals surface area contributed by atoms with Crippen molar-refractivity contribution in [1.82, 2.24) is 19.7 Å². The van der Waals surface area contributed by atoms with Crippen molar-refractivity contribution in [3.63, 3.8) is 0 Å². The number of fused-ring (bicyclic) bond motifs is 1. The third kappa shape index (κ3) is 5.15. The molecule has 0 unspecified atom stereocenters. The number of amides is 1. The van der Waals surface area contributed by atoms with Crippen LogP contribution < -0.4 is 0 Å². The summed E-state index contributed by atoms with van der Waals surface area (Å²) in [7, 11) is 0. The minimum absolute atomic E-state index is 0.0224. The molecule has 0 N–H and O–H groups in total. The third-order valence-electron chi connectivity index (χ3n) is 5.35. The molecule has 0 bridgehead atoms. The molecule has 1 amide bonds. The Morgan fingerprint density at radius 2 is 1.75 bits per heavy atom. The number of hydrogen-bond acceptors (Lipinski definition) is 5. The molecule has 3 aromatic rings. The van der Waals surface area contributed by atoms with E-state index in [1.54, 1.807) is 21.8 Å². The summed E-state index contributed by atoms with van der Waals surface area (Å²) in [4.78, 5) is 32.3. The maximum Gasteiger partial charge on any atom is 0.339 e. The number of ether oxygens (including phenoxy) is 1. The van der Waals surface area contributed by atoms with Gasteiger partial charge in [0.05, 0.1) is 17.1 Å². The van der Waals surface area contributed by atoms with Gasteiger partial charge in [-0.25, -0.2) is 14.5 Å². The van der Waals surface area contributed by atoms with Gasteiger partial charge < -0.3 is 9.64 Å². The minimum atomic E-state index is -0.542. The van der Waals surface area contributed by atoms with E-state index in [-0.39, 0.29) is 30.5 Å². The molecule has 7 nitrogen and oxygen atoms in total. The van der Waals surface area contributed by atoms with Crippen LogP contribution >= 0.6 is 0 Å². The van der Waals surface area contributed by atoms with Crippen molar-refractivity contribution >= 4 is 22.9 Å². The summed E-state index contributed by atoms with van der Waals surface area (Å²) in [5.74, 6) is -0.644.